The smallest absolute Gasteiger partial charge is 0.119 e. The summed E-state index contributed by atoms with van der Waals surface area (Å²) in [6, 6.07) is 8.08. The van der Waals surface area contributed by atoms with Gasteiger partial charge in [0, 0.05) is 24.6 Å². The molecule has 1 N–H and O–H groups in total. The molecule has 1 rings (SSSR count). The average Bonchev–Trinajstić information content (AvgIpc) is 2.35. The summed E-state index contributed by atoms with van der Waals surface area (Å²) >= 11 is 0. The van der Waals surface area contributed by atoms with Crippen molar-refractivity contribution in [2.24, 2.45) is 5.41 Å². The summed E-state index contributed by atoms with van der Waals surface area (Å²) in [5.74, 6) is 0.906. The van der Waals surface area contributed by atoms with Crippen LogP contribution in [0.2, 0.25) is 0 Å². The van der Waals surface area contributed by atoms with E-state index in [-0.39, 0.29) is 11.0 Å². The molecule has 0 aliphatic heterocycles. The summed E-state index contributed by atoms with van der Waals surface area (Å²) < 4.78 is 11.1. The van der Waals surface area contributed by atoms with Crippen molar-refractivity contribution in [3.8, 4) is 5.75 Å². The minimum Gasteiger partial charge on any atom is -0.493 e. The van der Waals surface area contributed by atoms with Crippen LogP contribution in [0.15, 0.2) is 24.3 Å². The first-order valence-electron chi connectivity index (χ1n) is 7.18. The van der Waals surface area contributed by atoms with Gasteiger partial charge in [0.05, 0.1) is 13.2 Å². The van der Waals surface area contributed by atoms with Gasteiger partial charge < -0.3 is 14.8 Å². The van der Waals surface area contributed by atoms with E-state index in [0.717, 1.165) is 17.9 Å². The Morgan fingerprint density at radius 2 is 1.80 bits per heavy atom. The Bertz CT molecular complexity index is 408. The summed E-state index contributed by atoms with van der Waals surface area (Å²) in [6.45, 7) is 13.2. The molecule has 114 valence electrons. The molecule has 0 aromatic heterocycles. The van der Waals surface area contributed by atoms with Gasteiger partial charge in [0.2, 0.25) is 0 Å². The van der Waals surface area contributed by atoms with Gasteiger partial charge in [-0.05, 0) is 38.5 Å². The van der Waals surface area contributed by atoms with Crippen molar-refractivity contribution < 1.29 is 9.47 Å². The Labute approximate surface area is 123 Å². The lowest BCUT2D eigenvalue weighted by Gasteiger charge is -2.30. The molecule has 20 heavy (non-hydrogen) atoms. The minimum atomic E-state index is 0.0878. The van der Waals surface area contributed by atoms with Crippen molar-refractivity contribution in [2.45, 2.75) is 46.8 Å². The van der Waals surface area contributed by atoms with E-state index < -0.39 is 0 Å². The highest BCUT2D eigenvalue weighted by Gasteiger charge is 2.21. The SMILES string of the molecule is COCc1cccc(OCC(C)(C)CNC(C)(C)C)c1. The van der Waals surface area contributed by atoms with Crippen molar-refractivity contribution >= 4 is 0 Å². The fraction of sp³-hybridized carbons (Fsp3) is 0.647. The van der Waals surface area contributed by atoms with Gasteiger partial charge in [0.1, 0.15) is 5.75 Å². The molecule has 3 nitrogen and oxygen atoms in total. The first-order chi connectivity index (χ1) is 9.22. The Kier molecular flexibility index (Phi) is 6.03. The van der Waals surface area contributed by atoms with Gasteiger partial charge in [-0.15, -0.1) is 0 Å². The molecule has 0 bridgehead atoms. The van der Waals surface area contributed by atoms with Crippen LogP contribution in [0.4, 0.5) is 0 Å². The van der Waals surface area contributed by atoms with E-state index in [9.17, 15) is 0 Å². The van der Waals surface area contributed by atoms with Crippen LogP contribution < -0.4 is 10.1 Å². The molecular formula is C17H29NO2. The fourth-order valence-corrected chi connectivity index (χ4v) is 1.73. The molecule has 0 saturated carbocycles. The second-order valence-electron chi connectivity index (χ2n) is 7.14. The summed E-state index contributed by atoms with van der Waals surface area (Å²) in [6.07, 6.45) is 0. The van der Waals surface area contributed by atoms with E-state index in [2.05, 4.69) is 39.9 Å². The van der Waals surface area contributed by atoms with E-state index in [1.54, 1.807) is 7.11 Å². The van der Waals surface area contributed by atoms with Crippen molar-refractivity contribution in [1.29, 1.82) is 0 Å². The third-order valence-corrected chi connectivity index (χ3v) is 2.94. The van der Waals surface area contributed by atoms with Crippen LogP contribution in [0.5, 0.6) is 5.75 Å². The number of benzene rings is 1. The van der Waals surface area contributed by atoms with Crippen LogP contribution in [0, 0.1) is 5.41 Å². The Hall–Kier alpha value is -1.06. The summed E-state index contributed by atoms with van der Waals surface area (Å²) in [5.41, 5.74) is 1.36. The number of ether oxygens (including phenoxy) is 2. The van der Waals surface area contributed by atoms with Crippen LogP contribution in [0.25, 0.3) is 0 Å². The normalized spacial score (nSPS) is 12.5. The summed E-state index contributed by atoms with van der Waals surface area (Å²) in [4.78, 5) is 0. The van der Waals surface area contributed by atoms with Crippen LogP contribution in [0.1, 0.15) is 40.2 Å². The molecule has 1 aromatic rings. The molecular weight excluding hydrogens is 250 g/mol. The average molecular weight is 279 g/mol. The molecule has 0 unspecified atom stereocenters. The maximum Gasteiger partial charge on any atom is 0.119 e. The third-order valence-electron chi connectivity index (χ3n) is 2.94. The van der Waals surface area contributed by atoms with Crippen LogP contribution in [-0.2, 0) is 11.3 Å². The van der Waals surface area contributed by atoms with E-state index in [0.29, 0.717) is 13.2 Å². The first kappa shape index (κ1) is 17.0. The highest BCUT2D eigenvalue weighted by atomic mass is 16.5. The highest BCUT2D eigenvalue weighted by Crippen LogP contribution is 2.20. The minimum absolute atomic E-state index is 0.0878. The molecule has 0 amide bonds. The van der Waals surface area contributed by atoms with E-state index in [1.165, 1.54) is 0 Å². The molecule has 1 aromatic carbocycles. The first-order valence-corrected chi connectivity index (χ1v) is 7.18. The molecule has 0 heterocycles. The number of rotatable bonds is 7. The molecule has 3 heteroatoms. The molecule has 0 atom stereocenters. The van der Waals surface area contributed by atoms with Crippen LogP contribution in [-0.4, -0.2) is 25.8 Å². The monoisotopic (exact) mass is 279 g/mol. The van der Waals surface area contributed by atoms with E-state index >= 15 is 0 Å². The Balaban J connectivity index is 2.50. The van der Waals surface area contributed by atoms with Gasteiger partial charge in [0.25, 0.3) is 0 Å². The highest BCUT2D eigenvalue weighted by molar-refractivity contribution is 5.28. The van der Waals surface area contributed by atoms with Crippen molar-refractivity contribution in [3.63, 3.8) is 0 Å². The van der Waals surface area contributed by atoms with Gasteiger partial charge in [-0.3, -0.25) is 0 Å². The topological polar surface area (TPSA) is 30.5 Å². The summed E-state index contributed by atoms with van der Waals surface area (Å²) in [7, 11) is 1.70. The van der Waals surface area contributed by atoms with Gasteiger partial charge >= 0.3 is 0 Å². The second kappa shape index (κ2) is 7.09. The Morgan fingerprint density at radius 3 is 2.40 bits per heavy atom. The van der Waals surface area contributed by atoms with Gasteiger partial charge in [0.15, 0.2) is 0 Å². The van der Waals surface area contributed by atoms with Crippen LogP contribution in [0.3, 0.4) is 0 Å². The van der Waals surface area contributed by atoms with Gasteiger partial charge in [-0.2, -0.15) is 0 Å². The predicted octanol–water partition coefficient (Wildman–Crippen LogP) is 3.63. The van der Waals surface area contributed by atoms with E-state index in [4.69, 9.17) is 9.47 Å². The van der Waals surface area contributed by atoms with Crippen molar-refractivity contribution in [1.82, 2.24) is 5.32 Å². The number of nitrogens with one attached hydrogen (secondary N) is 1. The molecule has 0 spiro atoms. The quantitative estimate of drug-likeness (QED) is 0.827. The number of hydrogen-bond donors (Lipinski definition) is 1. The molecule has 0 fully saturated rings. The zero-order chi connectivity index (χ0) is 15.2. The largest absolute Gasteiger partial charge is 0.493 e. The second-order valence-corrected chi connectivity index (χ2v) is 7.14. The summed E-state index contributed by atoms with van der Waals surface area (Å²) in [5, 5.41) is 3.53. The molecule has 0 saturated heterocycles. The standard InChI is InChI=1S/C17H29NO2/c1-16(2,3)18-12-17(4,5)13-20-15-9-7-8-14(10-15)11-19-6/h7-10,18H,11-13H2,1-6H3. The predicted molar refractivity (Wildman–Crippen MR) is 84.2 cm³/mol. The lowest BCUT2D eigenvalue weighted by atomic mass is 9.93. The zero-order valence-electron chi connectivity index (χ0n) is 13.7. The number of methoxy groups -OCH3 is 1. The van der Waals surface area contributed by atoms with Crippen molar-refractivity contribution in [3.05, 3.63) is 29.8 Å². The van der Waals surface area contributed by atoms with Gasteiger partial charge in [-0.1, -0.05) is 26.0 Å². The maximum absolute atomic E-state index is 5.93. The van der Waals surface area contributed by atoms with Gasteiger partial charge in [-0.25, -0.2) is 0 Å². The lowest BCUT2D eigenvalue weighted by molar-refractivity contribution is 0.164. The lowest BCUT2D eigenvalue weighted by Crippen LogP contribution is -2.43. The van der Waals surface area contributed by atoms with Crippen molar-refractivity contribution in [2.75, 3.05) is 20.3 Å². The molecule has 0 aliphatic rings. The third kappa shape index (κ3) is 6.92. The van der Waals surface area contributed by atoms with Crippen LogP contribution >= 0.6 is 0 Å². The molecule has 0 aliphatic carbocycles. The number of hydrogen-bond acceptors (Lipinski definition) is 3. The van der Waals surface area contributed by atoms with E-state index in [1.807, 2.05) is 24.3 Å². The zero-order valence-corrected chi connectivity index (χ0v) is 13.7. The fourth-order valence-electron chi connectivity index (χ4n) is 1.73. The maximum atomic E-state index is 5.93. The Morgan fingerprint density at radius 1 is 1.10 bits per heavy atom. The molecule has 0 radical (unpaired) electrons.